The van der Waals surface area contributed by atoms with Gasteiger partial charge in [0.1, 0.15) is 0 Å². The minimum atomic E-state index is -0.163. The lowest BCUT2D eigenvalue weighted by Crippen LogP contribution is -2.22. The Morgan fingerprint density at radius 2 is 2.39 bits per heavy atom. The van der Waals surface area contributed by atoms with Crippen LogP contribution in [0, 0.1) is 0 Å². The first-order valence-electron chi connectivity index (χ1n) is 5.03. The van der Waals surface area contributed by atoms with Crippen LogP contribution in [-0.2, 0) is 4.79 Å². The Morgan fingerprint density at radius 1 is 1.61 bits per heavy atom. The Balaban J connectivity index is 2.24. The molecular formula is C11H10N2O3S2. The zero-order chi connectivity index (χ0) is 13.1. The van der Waals surface area contributed by atoms with Gasteiger partial charge in [0.25, 0.3) is 5.91 Å². The quantitative estimate of drug-likeness (QED) is 0.674. The van der Waals surface area contributed by atoms with Gasteiger partial charge in [-0.05, 0) is 12.1 Å². The average Bonchev–Trinajstić information content (AvgIpc) is 2.68. The van der Waals surface area contributed by atoms with Gasteiger partial charge < -0.3 is 9.84 Å². The summed E-state index contributed by atoms with van der Waals surface area (Å²) in [5.74, 6) is 0.474. The summed E-state index contributed by atoms with van der Waals surface area (Å²) in [6.45, 7) is 0. The number of amides is 1. The minimum absolute atomic E-state index is 0.0195. The highest BCUT2D eigenvalue weighted by Crippen LogP contribution is 2.28. The SMILES string of the molecule is COc1cccc(/C=N/N2C(=O)CSC2=S)c1O. The lowest BCUT2D eigenvalue weighted by Gasteiger charge is -2.08. The molecule has 1 amide bonds. The number of hydrogen-bond donors (Lipinski definition) is 1. The third kappa shape index (κ3) is 2.46. The molecular weight excluding hydrogens is 272 g/mol. The van der Waals surface area contributed by atoms with E-state index < -0.39 is 0 Å². The fraction of sp³-hybridized carbons (Fsp3) is 0.182. The summed E-state index contributed by atoms with van der Waals surface area (Å²) in [5, 5.41) is 15.0. The number of methoxy groups -OCH3 is 1. The second-order valence-corrected chi connectivity index (χ2v) is 5.01. The predicted octanol–water partition coefficient (Wildman–Crippen LogP) is 1.59. The lowest BCUT2D eigenvalue weighted by atomic mass is 10.2. The zero-order valence-corrected chi connectivity index (χ0v) is 11.1. The number of ether oxygens (including phenoxy) is 1. The number of hydrazone groups is 1. The summed E-state index contributed by atoms with van der Waals surface area (Å²) in [6.07, 6.45) is 1.38. The van der Waals surface area contributed by atoms with Crippen molar-refractivity contribution >= 4 is 40.4 Å². The van der Waals surface area contributed by atoms with E-state index in [1.54, 1.807) is 18.2 Å². The molecule has 5 nitrogen and oxygen atoms in total. The fourth-order valence-corrected chi connectivity index (χ4v) is 2.35. The highest BCUT2D eigenvalue weighted by molar-refractivity contribution is 8.23. The zero-order valence-electron chi connectivity index (χ0n) is 9.49. The van der Waals surface area contributed by atoms with Crippen LogP contribution in [0.3, 0.4) is 0 Å². The van der Waals surface area contributed by atoms with Gasteiger partial charge in [0.05, 0.1) is 19.1 Å². The molecule has 7 heteroatoms. The molecule has 1 aliphatic heterocycles. The Bertz CT molecular complexity index is 515. The monoisotopic (exact) mass is 282 g/mol. The van der Waals surface area contributed by atoms with E-state index in [9.17, 15) is 9.90 Å². The maximum absolute atomic E-state index is 11.4. The van der Waals surface area contributed by atoms with Crippen molar-refractivity contribution in [1.29, 1.82) is 0 Å². The van der Waals surface area contributed by atoms with Gasteiger partial charge in [-0.25, -0.2) is 0 Å². The number of thioether (sulfide) groups is 1. The molecule has 0 spiro atoms. The van der Waals surface area contributed by atoms with Crippen LogP contribution in [0.1, 0.15) is 5.56 Å². The molecule has 1 fully saturated rings. The molecule has 1 saturated heterocycles. The Kier molecular flexibility index (Phi) is 3.83. The molecule has 0 bridgehead atoms. The first-order valence-corrected chi connectivity index (χ1v) is 6.42. The molecule has 2 rings (SSSR count). The third-order valence-electron chi connectivity index (χ3n) is 2.29. The number of phenols is 1. The number of aromatic hydroxyl groups is 1. The number of rotatable bonds is 3. The van der Waals surface area contributed by atoms with E-state index in [1.807, 2.05) is 0 Å². The van der Waals surface area contributed by atoms with Crippen LogP contribution < -0.4 is 4.74 Å². The van der Waals surface area contributed by atoms with Gasteiger partial charge in [-0.15, -0.1) is 0 Å². The van der Waals surface area contributed by atoms with E-state index in [2.05, 4.69) is 5.10 Å². The van der Waals surface area contributed by atoms with Gasteiger partial charge >= 0.3 is 0 Å². The molecule has 1 aromatic rings. The number of carbonyl (C=O) groups is 1. The molecule has 1 aromatic carbocycles. The average molecular weight is 282 g/mol. The van der Waals surface area contributed by atoms with Gasteiger partial charge in [-0.1, -0.05) is 30.0 Å². The number of para-hydroxylation sites is 1. The van der Waals surface area contributed by atoms with E-state index in [4.69, 9.17) is 17.0 Å². The predicted molar refractivity (Wildman–Crippen MR) is 74.2 cm³/mol. The standard InChI is InChI=1S/C11H10N2O3S2/c1-16-8-4-2-3-7(10(8)15)5-12-13-9(14)6-18-11(13)17/h2-5,15H,6H2,1H3/b12-5+. The molecule has 1 heterocycles. The van der Waals surface area contributed by atoms with E-state index in [0.717, 1.165) is 5.01 Å². The molecule has 0 atom stereocenters. The van der Waals surface area contributed by atoms with Gasteiger partial charge in [0, 0.05) is 5.56 Å². The highest BCUT2D eigenvalue weighted by Gasteiger charge is 2.26. The molecule has 94 valence electrons. The number of nitrogens with zero attached hydrogens (tertiary/aromatic N) is 2. The summed E-state index contributed by atoms with van der Waals surface area (Å²) < 4.78 is 5.39. The number of phenolic OH excluding ortho intramolecular Hbond substituents is 1. The number of benzene rings is 1. The fourth-order valence-electron chi connectivity index (χ4n) is 1.39. The lowest BCUT2D eigenvalue weighted by molar-refractivity contribution is -0.123. The van der Waals surface area contributed by atoms with Crippen molar-refractivity contribution in [2.75, 3.05) is 12.9 Å². The highest BCUT2D eigenvalue weighted by atomic mass is 32.2. The number of hydrogen-bond acceptors (Lipinski definition) is 6. The van der Waals surface area contributed by atoms with Gasteiger partial charge in [0.15, 0.2) is 15.8 Å². The first kappa shape index (κ1) is 12.8. The molecule has 0 saturated carbocycles. The second-order valence-electron chi connectivity index (χ2n) is 3.40. The van der Waals surface area contributed by atoms with Crippen LogP contribution in [0.5, 0.6) is 11.5 Å². The normalized spacial score (nSPS) is 15.7. The Hall–Kier alpha value is -1.60. The summed E-state index contributed by atoms with van der Waals surface area (Å²) in [5.41, 5.74) is 0.460. The summed E-state index contributed by atoms with van der Waals surface area (Å²) in [7, 11) is 1.46. The van der Waals surface area contributed by atoms with Crippen LogP contribution >= 0.6 is 24.0 Å². The Morgan fingerprint density at radius 3 is 3.00 bits per heavy atom. The molecule has 18 heavy (non-hydrogen) atoms. The van der Waals surface area contributed by atoms with Crippen molar-refractivity contribution in [3.8, 4) is 11.5 Å². The van der Waals surface area contributed by atoms with Crippen molar-refractivity contribution in [2.45, 2.75) is 0 Å². The van der Waals surface area contributed by atoms with Crippen molar-refractivity contribution in [2.24, 2.45) is 5.10 Å². The van der Waals surface area contributed by atoms with E-state index in [-0.39, 0.29) is 11.7 Å². The number of carbonyl (C=O) groups excluding carboxylic acids is 1. The maximum atomic E-state index is 11.4. The van der Waals surface area contributed by atoms with E-state index >= 15 is 0 Å². The maximum Gasteiger partial charge on any atom is 0.259 e. The molecule has 1 N–H and O–H groups in total. The van der Waals surface area contributed by atoms with Gasteiger partial charge in [0.2, 0.25) is 0 Å². The van der Waals surface area contributed by atoms with Crippen LogP contribution in [0.2, 0.25) is 0 Å². The topological polar surface area (TPSA) is 62.1 Å². The third-order valence-corrected chi connectivity index (χ3v) is 3.63. The Labute approximate surface area is 113 Å². The summed E-state index contributed by atoms with van der Waals surface area (Å²) in [4.78, 5) is 11.4. The molecule has 0 aliphatic carbocycles. The largest absolute Gasteiger partial charge is 0.504 e. The van der Waals surface area contributed by atoms with Gasteiger partial charge in [-0.2, -0.15) is 10.1 Å². The smallest absolute Gasteiger partial charge is 0.259 e. The van der Waals surface area contributed by atoms with Crippen LogP contribution in [0.15, 0.2) is 23.3 Å². The molecule has 0 radical (unpaired) electrons. The molecule has 0 unspecified atom stereocenters. The van der Waals surface area contributed by atoms with Crippen LogP contribution in [0.25, 0.3) is 0 Å². The van der Waals surface area contributed by atoms with E-state index in [1.165, 1.54) is 25.1 Å². The van der Waals surface area contributed by atoms with Crippen LogP contribution in [-0.4, -0.2) is 39.4 Å². The molecule has 1 aliphatic rings. The van der Waals surface area contributed by atoms with Crippen molar-refractivity contribution < 1.29 is 14.6 Å². The second kappa shape index (κ2) is 5.36. The van der Waals surface area contributed by atoms with Crippen molar-refractivity contribution in [3.63, 3.8) is 0 Å². The molecule has 0 aromatic heterocycles. The van der Waals surface area contributed by atoms with Crippen LogP contribution in [0.4, 0.5) is 0 Å². The van der Waals surface area contributed by atoms with Gasteiger partial charge in [-0.3, -0.25) is 4.79 Å². The van der Waals surface area contributed by atoms with E-state index in [0.29, 0.717) is 21.4 Å². The van der Waals surface area contributed by atoms with Crippen molar-refractivity contribution in [3.05, 3.63) is 23.8 Å². The summed E-state index contributed by atoms with van der Waals surface area (Å²) >= 11 is 6.25. The minimum Gasteiger partial charge on any atom is -0.504 e. The summed E-state index contributed by atoms with van der Waals surface area (Å²) in [6, 6.07) is 5.02. The first-order chi connectivity index (χ1) is 8.63. The number of thiocarbonyl (C=S) groups is 1. The van der Waals surface area contributed by atoms with Crippen molar-refractivity contribution in [1.82, 2.24) is 5.01 Å².